The molecule has 0 aromatic heterocycles. The molecule has 0 unspecified atom stereocenters. The van der Waals surface area contributed by atoms with E-state index in [1.54, 1.807) is 0 Å². The molecule has 1 aliphatic carbocycles. The van der Waals surface area contributed by atoms with Gasteiger partial charge in [-0.25, -0.2) is 0 Å². The van der Waals surface area contributed by atoms with E-state index >= 15 is 0 Å². The van der Waals surface area contributed by atoms with Gasteiger partial charge in [0.25, 0.3) is 0 Å². The van der Waals surface area contributed by atoms with Crippen molar-refractivity contribution in [2.24, 2.45) is 0 Å². The first kappa shape index (κ1) is 12.4. The van der Waals surface area contributed by atoms with Gasteiger partial charge in [0.1, 0.15) is 0 Å². The summed E-state index contributed by atoms with van der Waals surface area (Å²) in [5.74, 6) is 0. The van der Waals surface area contributed by atoms with E-state index in [1.807, 2.05) is 6.07 Å². The van der Waals surface area contributed by atoms with Crippen molar-refractivity contribution in [3.05, 3.63) is 29.3 Å². The molecule has 0 bridgehead atoms. The van der Waals surface area contributed by atoms with Crippen LogP contribution < -0.4 is 4.90 Å². The van der Waals surface area contributed by atoms with Crippen LogP contribution in [-0.4, -0.2) is 18.2 Å². The summed E-state index contributed by atoms with van der Waals surface area (Å²) >= 11 is 0. The molecule has 1 aliphatic rings. The Balaban J connectivity index is 2.12. The van der Waals surface area contributed by atoms with Crippen molar-refractivity contribution in [1.82, 2.24) is 0 Å². The molecule has 2 nitrogen and oxygen atoms in total. The van der Waals surface area contributed by atoms with Gasteiger partial charge in [0, 0.05) is 18.8 Å². The summed E-state index contributed by atoms with van der Waals surface area (Å²) in [6, 6.07) is 7.07. The molecular weight excluding hydrogens is 210 g/mol. The third kappa shape index (κ3) is 2.81. The Hall–Kier alpha value is -1.02. The topological polar surface area (TPSA) is 23.5 Å². The Bertz CT molecular complexity index is 369. The lowest BCUT2D eigenvalue weighted by molar-refractivity contribution is 0.281. The molecule has 0 heterocycles. The van der Waals surface area contributed by atoms with Crippen LogP contribution in [-0.2, 0) is 6.61 Å². The third-order valence-corrected chi connectivity index (χ3v) is 4.03. The molecule has 1 aromatic rings. The summed E-state index contributed by atoms with van der Waals surface area (Å²) in [4.78, 5) is 2.41. The number of aliphatic hydroxyl groups excluding tert-OH is 1. The lowest BCUT2D eigenvalue weighted by Crippen LogP contribution is -2.33. The van der Waals surface area contributed by atoms with Gasteiger partial charge in [0.05, 0.1) is 6.61 Å². The van der Waals surface area contributed by atoms with Gasteiger partial charge in [-0.1, -0.05) is 25.3 Å². The minimum atomic E-state index is 0.138. The Kier molecular flexibility index (Phi) is 4.06. The van der Waals surface area contributed by atoms with Crippen molar-refractivity contribution in [2.45, 2.75) is 51.7 Å². The molecule has 1 fully saturated rings. The normalized spacial score (nSPS) is 17.1. The zero-order valence-corrected chi connectivity index (χ0v) is 10.9. The summed E-state index contributed by atoms with van der Waals surface area (Å²) in [6.45, 7) is 2.21. The highest BCUT2D eigenvalue weighted by Crippen LogP contribution is 2.27. The average molecular weight is 233 g/mol. The second-order valence-corrected chi connectivity index (χ2v) is 5.17. The monoisotopic (exact) mass is 233 g/mol. The second-order valence-electron chi connectivity index (χ2n) is 5.17. The maximum atomic E-state index is 9.18. The van der Waals surface area contributed by atoms with E-state index in [2.05, 4.69) is 31.0 Å². The van der Waals surface area contributed by atoms with Crippen LogP contribution in [0.3, 0.4) is 0 Å². The highest BCUT2D eigenvalue weighted by molar-refractivity contribution is 5.51. The van der Waals surface area contributed by atoms with Crippen molar-refractivity contribution in [2.75, 3.05) is 11.9 Å². The molecule has 1 saturated carbocycles. The minimum absolute atomic E-state index is 0.138. The summed E-state index contributed by atoms with van der Waals surface area (Å²) in [6.07, 6.45) is 6.76. The van der Waals surface area contributed by atoms with Crippen molar-refractivity contribution in [3.63, 3.8) is 0 Å². The number of aliphatic hydroxyl groups is 1. The van der Waals surface area contributed by atoms with E-state index in [1.165, 1.54) is 43.4 Å². The minimum Gasteiger partial charge on any atom is -0.392 e. The zero-order chi connectivity index (χ0) is 12.3. The van der Waals surface area contributed by atoms with Crippen molar-refractivity contribution >= 4 is 5.69 Å². The second kappa shape index (κ2) is 5.54. The Morgan fingerprint density at radius 3 is 2.53 bits per heavy atom. The van der Waals surface area contributed by atoms with Gasteiger partial charge in [0.2, 0.25) is 0 Å². The summed E-state index contributed by atoms with van der Waals surface area (Å²) in [5.41, 5.74) is 3.50. The number of rotatable bonds is 3. The van der Waals surface area contributed by atoms with Crippen LogP contribution in [0.25, 0.3) is 0 Å². The molecule has 2 rings (SSSR count). The van der Waals surface area contributed by atoms with Crippen molar-refractivity contribution in [1.29, 1.82) is 0 Å². The van der Waals surface area contributed by atoms with Gasteiger partial charge in [-0.3, -0.25) is 0 Å². The Morgan fingerprint density at radius 2 is 1.94 bits per heavy atom. The maximum Gasteiger partial charge on any atom is 0.0684 e. The first-order chi connectivity index (χ1) is 8.22. The first-order valence-electron chi connectivity index (χ1n) is 6.65. The maximum absolute atomic E-state index is 9.18. The number of anilines is 1. The van der Waals surface area contributed by atoms with Crippen LogP contribution in [0.4, 0.5) is 5.69 Å². The largest absolute Gasteiger partial charge is 0.392 e. The Labute approximate surface area is 104 Å². The van der Waals surface area contributed by atoms with Gasteiger partial charge >= 0.3 is 0 Å². The molecule has 94 valence electrons. The highest BCUT2D eigenvalue weighted by atomic mass is 16.3. The van der Waals surface area contributed by atoms with Gasteiger partial charge < -0.3 is 10.0 Å². The SMILES string of the molecule is Cc1cc(N(C)C2CCCCC2)ccc1CO. The third-order valence-electron chi connectivity index (χ3n) is 4.03. The van der Waals surface area contributed by atoms with Crippen molar-refractivity contribution < 1.29 is 5.11 Å². The zero-order valence-electron chi connectivity index (χ0n) is 10.9. The molecule has 0 aliphatic heterocycles. The Morgan fingerprint density at radius 1 is 1.24 bits per heavy atom. The predicted octanol–water partition coefficient (Wildman–Crippen LogP) is 3.26. The number of aryl methyl sites for hydroxylation is 1. The van der Waals surface area contributed by atoms with E-state index < -0.39 is 0 Å². The lowest BCUT2D eigenvalue weighted by atomic mass is 9.94. The van der Waals surface area contributed by atoms with Crippen LogP contribution in [0, 0.1) is 6.92 Å². The number of nitrogens with zero attached hydrogens (tertiary/aromatic N) is 1. The molecule has 0 saturated heterocycles. The molecule has 17 heavy (non-hydrogen) atoms. The molecule has 2 heteroatoms. The van der Waals surface area contributed by atoms with Crippen LogP contribution in [0.2, 0.25) is 0 Å². The van der Waals surface area contributed by atoms with E-state index in [9.17, 15) is 5.11 Å². The van der Waals surface area contributed by atoms with E-state index in [0.717, 1.165) is 5.56 Å². The number of benzene rings is 1. The van der Waals surface area contributed by atoms with Crippen LogP contribution in [0.5, 0.6) is 0 Å². The molecule has 0 radical (unpaired) electrons. The molecule has 1 N–H and O–H groups in total. The number of hydrogen-bond acceptors (Lipinski definition) is 2. The van der Waals surface area contributed by atoms with Gasteiger partial charge in [-0.15, -0.1) is 0 Å². The van der Waals surface area contributed by atoms with Crippen LogP contribution >= 0.6 is 0 Å². The fourth-order valence-electron chi connectivity index (χ4n) is 2.76. The smallest absolute Gasteiger partial charge is 0.0684 e. The van der Waals surface area contributed by atoms with E-state index in [4.69, 9.17) is 0 Å². The predicted molar refractivity (Wildman–Crippen MR) is 72.4 cm³/mol. The summed E-state index contributed by atoms with van der Waals surface area (Å²) < 4.78 is 0. The quantitative estimate of drug-likeness (QED) is 0.866. The van der Waals surface area contributed by atoms with Crippen molar-refractivity contribution in [3.8, 4) is 0 Å². The molecule has 0 atom stereocenters. The summed E-state index contributed by atoms with van der Waals surface area (Å²) in [7, 11) is 2.20. The van der Waals surface area contributed by atoms with E-state index in [0.29, 0.717) is 6.04 Å². The molecule has 0 amide bonds. The average Bonchev–Trinajstić information content (AvgIpc) is 2.39. The standard InChI is InChI=1S/C15H23NO/c1-12-10-15(9-8-13(12)11-17)16(2)14-6-4-3-5-7-14/h8-10,14,17H,3-7,11H2,1-2H3. The molecule has 0 spiro atoms. The van der Waals surface area contributed by atoms with Gasteiger partial charge in [0.15, 0.2) is 0 Å². The fourth-order valence-corrected chi connectivity index (χ4v) is 2.76. The van der Waals surface area contributed by atoms with Gasteiger partial charge in [-0.05, 0) is 43.0 Å². The molecular formula is C15H23NO. The van der Waals surface area contributed by atoms with Crippen LogP contribution in [0.1, 0.15) is 43.2 Å². The lowest BCUT2D eigenvalue weighted by Gasteiger charge is -2.33. The van der Waals surface area contributed by atoms with Gasteiger partial charge in [-0.2, -0.15) is 0 Å². The highest BCUT2D eigenvalue weighted by Gasteiger charge is 2.18. The molecule has 1 aromatic carbocycles. The number of hydrogen-bond donors (Lipinski definition) is 1. The summed E-state index contributed by atoms with van der Waals surface area (Å²) in [5, 5.41) is 9.18. The van der Waals surface area contributed by atoms with Crippen LogP contribution in [0.15, 0.2) is 18.2 Å². The van der Waals surface area contributed by atoms with E-state index in [-0.39, 0.29) is 6.61 Å². The fraction of sp³-hybridized carbons (Fsp3) is 0.600. The first-order valence-corrected chi connectivity index (χ1v) is 6.65.